The summed E-state index contributed by atoms with van der Waals surface area (Å²) in [6.45, 7) is 3.46. The summed E-state index contributed by atoms with van der Waals surface area (Å²) in [5, 5.41) is 2.93. The molecule has 1 aliphatic heterocycles. The van der Waals surface area contributed by atoms with Crippen molar-refractivity contribution in [3.63, 3.8) is 0 Å². The van der Waals surface area contributed by atoms with Gasteiger partial charge in [0.05, 0.1) is 6.54 Å². The normalized spacial score (nSPS) is 24.0. The maximum absolute atomic E-state index is 11.9. The Morgan fingerprint density at radius 1 is 1.41 bits per heavy atom. The van der Waals surface area contributed by atoms with E-state index in [4.69, 9.17) is 0 Å². The lowest BCUT2D eigenvalue weighted by Crippen LogP contribution is -2.40. The fourth-order valence-electron chi connectivity index (χ4n) is 2.69. The van der Waals surface area contributed by atoms with E-state index in [9.17, 15) is 4.79 Å². The van der Waals surface area contributed by atoms with Gasteiger partial charge in [0.1, 0.15) is 0 Å². The van der Waals surface area contributed by atoms with Crippen molar-refractivity contribution in [1.29, 1.82) is 0 Å². The second-order valence-corrected chi connectivity index (χ2v) is 4.66. The van der Waals surface area contributed by atoms with Crippen LogP contribution < -0.4 is 5.32 Å². The average molecular weight is 232 g/mol. The van der Waals surface area contributed by atoms with Crippen molar-refractivity contribution in [3.05, 3.63) is 35.9 Å². The minimum atomic E-state index is 0.207. The van der Waals surface area contributed by atoms with Gasteiger partial charge in [-0.3, -0.25) is 4.79 Å². The van der Waals surface area contributed by atoms with Crippen LogP contribution >= 0.6 is 0 Å². The predicted octanol–water partition coefficient (Wildman–Crippen LogP) is 1.61. The highest BCUT2D eigenvalue weighted by Crippen LogP contribution is 2.32. The fourth-order valence-corrected chi connectivity index (χ4v) is 2.69. The first-order valence-electron chi connectivity index (χ1n) is 6.23. The highest BCUT2D eigenvalue weighted by molar-refractivity contribution is 5.79. The molecule has 3 nitrogen and oxygen atoms in total. The van der Waals surface area contributed by atoms with Gasteiger partial charge in [-0.2, -0.15) is 0 Å². The molecule has 1 aromatic rings. The summed E-state index contributed by atoms with van der Waals surface area (Å²) >= 11 is 0. The summed E-state index contributed by atoms with van der Waals surface area (Å²) in [4.78, 5) is 13.9. The van der Waals surface area contributed by atoms with Gasteiger partial charge in [0.2, 0.25) is 5.91 Å². The lowest BCUT2D eigenvalue weighted by molar-refractivity contribution is -0.130. The molecular weight excluding hydrogens is 212 g/mol. The van der Waals surface area contributed by atoms with E-state index in [0.717, 1.165) is 13.0 Å². The molecule has 0 spiro atoms. The molecule has 0 saturated carbocycles. The number of carbonyl (C=O) groups excluding carboxylic acids is 1. The standard InChI is InChI=1S/C14H20N2O/c1-11-13(12-6-4-3-5-7-12)8-9-16(11)14(17)10-15-2/h3-7,11,13,15H,8-10H2,1-2H3. The quantitative estimate of drug-likeness (QED) is 0.858. The third-order valence-corrected chi connectivity index (χ3v) is 3.63. The molecule has 1 heterocycles. The Balaban J connectivity index is 2.07. The van der Waals surface area contributed by atoms with Crippen LogP contribution in [0.25, 0.3) is 0 Å². The molecule has 2 rings (SSSR count). The smallest absolute Gasteiger partial charge is 0.236 e. The summed E-state index contributed by atoms with van der Waals surface area (Å²) in [7, 11) is 1.81. The molecule has 1 aliphatic rings. The third kappa shape index (κ3) is 2.50. The number of benzene rings is 1. The van der Waals surface area contributed by atoms with Crippen LogP contribution in [0.3, 0.4) is 0 Å². The van der Waals surface area contributed by atoms with Gasteiger partial charge >= 0.3 is 0 Å². The van der Waals surface area contributed by atoms with E-state index in [0.29, 0.717) is 18.5 Å². The minimum absolute atomic E-state index is 0.207. The minimum Gasteiger partial charge on any atom is -0.338 e. The third-order valence-electron chi connectivity index (χ3n) is 3.63. The van der Waals surface area contributed by atoms with Crippen LogP contribution in [0.4, 0.5) is 0 Å². The Morgan fingerprint density at radius 3 is 2.76 bits per heavy atom. The van der Waals surface area contributed by atoms with E-state index in [1.54, 1.807) is 0 Å². The van der Waals surface area contributed by atoms with Crippen LogP contribution in [0.2, 0.25) is 0 Å². The average Bonchev–Trinajstić information content (AvgIpc) is 2.72. The molecule has 17 heavy (non-hydrogen) atoms. The van der Waals surface area contributed by atoms with E-state index < -0.39 is 0 Å². The van der Waals surface area contributed by atoms with Crippen LogP contribution in [0.15, 0.2) is 30.3 Å². The molecule has 0 aromatic heterocycles. The molecule has 3 heteroatoms. The summed E-state index contributed by atoms with van der Waals surface area (Å²) in [6, 6.07) is 10.8. The van der Waals surface area contributed by atoms with Gasteiger partial charge in [-0.25, -0.2) is 0 Å². The Bertz CT molecular complexity index is 377. The number of amides is 1. The molecule has 1 fully saturated rings. The van der Waals surface area contributed by atoms with Crippen molar-refractivity contribution < 1.29 is 4.79 Å². The monoisotopic (exact) mass is 232 g/mol. The van der Waals surface area contributed by atoms with Crippen molar-refractivity contribution in [3.8, 4) is 0 Å². The van der Waals surface area contributed by atoms with Gasteiger partial charge in [0.15, 0.2) is 0 Å². The molecule has 0 bridgehead atoms. The van der Waals surface area contributed by atoms with E-state index in [2.05, 4.69) is 36.5 Å². The molecule has 1 amide bonds. The van der Waals surface area contributed by atoms with Crippen LogP contribution in [0, 0.1) is 0 Å². The molecule has 92 valence electrons. The number of hydrogen-bond donors (Lipinski definition) is 1. The molecule has 2 unspecified atom stereocenters. The Labute approximate surface area is 103 Å². The lowest BCUT2D eigenvalue weighted by Gasteiger charge is -2.25. The van der Waals surface area contributed by atoms with Crippen molar-refractivity contribution in [2.45, 2.75) is 25.3 Å². The predicted molar refractivity (Wildman–Crippen MR) is 68.9 cm³/mol. The van der Waals surface area contributed by atoms with Crippen molar-refractivity contribution in [2.75, 3.05) is 20.1 Å². The molecule has 1 aromatic carbocycles. The summed E-state index contributed by atoms with van der Waals surface area (Å²) < 4.78 is 0. The van der Waals surface area contributed by atoms with Crippen molar-refractivity contribution in [1.82, 2.24) is 10.2 Å². The molecule has 1 N–H and O–H groups in total. The first kappa shape index (κ1) is 12.1. The molecule has 2 atom stereocenters. The number of likely N-dealkylation sites (tertiary alicyclic amines) is 1. The first-order valence-corrected chi connectivity index (χ1v) is 6.23. The lowest BCUT2D eigenvalue weighted by atomic mass is 9.93. The summed E-state index contributed by atoms with van der Waals surface area (Å²) in [5.74, 6) is 0.690. The number of carbonyl (C=O) groups is 1. The van der Waals surface area contributed by atoms with Gasteiger partial charge in [-0.1, -0.05) is 30.3 Å². The molecule has 0 radical (unpaired) electrons. The van der Waals surface area contributed by atoms with E-state index in [1.807, 2.05) is 18.0 Å². The number of nitrogens with zero attached hydrogens (tertiary/aromatic N) is 1. The maximum atomic E-state index is 11.9. The zero-order chi connectivity index (χ0) is 12.3. The zero-order valence-electron chi connectivity index (χ0n) is 10.5. The Morgan fingerprint density at radius 2 is 2.12 bits per heavy atom. The Kier molecular flexibility index (Phi) is 3.79. The number of likely N-dealkylation sites (N-methyl/N-ethyl adjacent to an activating group) is 1. The SMILES string of the molecule is CNCC(=O)N1CCC(c2ccccc2)C1C. The largest absolute Gasteiger partial charge is 0.338 e. The van der Waals surface area contributed by atoms with Crippen molar-refractivity contribution >= 4 is 5.91 Å². The van der Waals surface area contributed by atoms with Gasteiger partial charge < -0.3 is 10.2 Å². The van der Waals surface area contributed by atoms with Crippen LogP contribution in [0.1, 0.15) is 24.8 Å². The van der Waals surface area contributed by atoms with Gasteiger partial charge in [0, 0.05) is 18.5 Å². The van der Waals surface area contributed by atoms with Crippen LogP contribution in [-0.2, 0) is 4.79 Å². The number of rotatable bonds is 3. The van der Waals surface area contributed by atoms with Crippen molar-refractivity contribution in [2.24, 2.45) is 0 Å². The zero-order valence-corrected chi connectivity index (χ0v) is 10.5. The second-order valence-electron chi connectivity index (χ2n) is 4.66. The van der Waals surface area contributed by atoms with E-state index >= 15 is 0 Å². The fraction of sp³-hybridized carbons (Fsp3) is 0.500. The summed E-state index contributed by atoms with van der Waals surface area (Å²) in [5.41, 5.74) is 1.35. The first-order chi connectivity index (χ1) is 8.24. The maximum Gasteiger partial charge on any atom is 0.236 e. The van der Waals surface area contributed by atoms with Gasteiger partial charge in [0.25, 0.3) is 0 Å². The highest BCUT2D eigenvalue weighted by atomic mass is 16.2. The van der Waals surface area contributed by atoms with E-state index in [1.165, 1.54) is 5.56 Å². The highest BCUT2D eigenvalue weighted by Gasteiger charge is 2.33. The van der Waals surface area contributed by atoms with Gasteiger partial charge in [-0.05, 0) is 26.0 Å². The topological polar surface area (TPSA) is 32.3 Å². The Hall–Kier alpha value is -1.35. The van der Waals surface area contributed by atoms with Crippen LogP contribution in [0.5, 0.6) is 0 Å². The van der Waals surface area contributed by atoms with Crippen LogP contribution in [-0.4, -0.2) is 37.0 Å². The molecular formula is C14H20N2O. The van der Waals surface area contributed by atoms with Gasteiger partial charge in [-0.15, -0.1) is 0 Å². The number of nitrogens with one attached hydrogen (secondary N) is 1. The molecule has 0 aliphatic carbocycles. The molecule has 1 saturated heterocycles. The summed E-state index contributed by atoms with van der Waals surface area (Å²) in [6.07, 6.45) is 1.07. The second kappa shape index (κ2) is 5.32. The number of hydrogen-bond acceptors (Lipinski definition) is 2. The van der Waals surface area contributed by atoms with E-state index in [-0.39, 0.29) is 5.91 Å².